The summed E-state index contributed by atoms with van der Waals surface area (Å²) in [5.74, 6) is 0.640. The summed E-state index contributed by atoms with van der Waals surface area (Å²) in [4.78, 5) is 11.6. The zero-order valence-electron chi connectivity index (χ0n) is 15.3. The predicted molar refractivity (Wildman–Crippen MR) is 104 cm³/mol. The molecule has 1 aliphatic rings. The summed E-state index contributed by atoms with van der Waals surface area (Å²) < 4.78 is 1.79. The van der Waals surface area contributed by atoms with Crippen LogP contribution in [0.4, 0.5) is 11.6 Å². The van der Waals surface area contributed by atoms with Crippen LogP contribution in [0.3, 0.4) is 0 Å². The van der Waals surface area contributed by atoms with Crippen LogP contribution >= 0.6 is 0 Å². The van der Waals surface area contributed by atoms with Gasteiger partial charge in [0.1, 0.15) is 0 Å². The normalized spacial score (nSPS) is 14.0. The molecule has 1 aliphatic heterocycles. The molecule has 1 N–H and O–H groups in total. The van der Waals surface area contributed by atoms with Crippen molar-refractivity contribution in [2.75, 3.05) is 23.3 Å². The van der Waals surface area contributed by atoms with Crippen LogP contribution in [0.1, 0.15) is 24.0 Å². The molecule has 0 saturated carbocycles. The maximum atomic E-state index is 4.68. The molecule has 0 atom stereocenters. The lowest BCUT2D eigenvalue weighted by Crippen LogP contribution is -2.17. The van der Waals surface area contributed by atoms with Gasteiger partial charge in [0.15, 0.2) is 0 Å². The van der Waals surface area contributed by atoms with Crippen molar-refractivity contribution in [2.45, 2.75) is 26.3 Å². The third-order valence-electron chi connectivity index (χ3n) is 4.78. The van der Waals surface area contributed by atoms with Crippen LogP contribution in [0, 0.1) is 6.92 Å². The molecule has 3 heterocycles. The monoisotopic (exact) mass is 348 g/mol. The molecule has 6 heteroatoms. The summed E-state index contributed by atoms with van der Waals surface area (Å²) in [6.45, 7) is 5.04. The highest BCUT2D eigenvalue weighted by molar-refractivity contribution is 5.62. The molecule has 0 spiro atoms. The lowest BCUT2D eigenvalue weighted by atomic mass is 10.1. The molecule has 134 valence electrons. The first-order valence-electron chi connectivity index (χ1n) is 9.09. The maximum absolute atomic E-state index is 4.68. The minimum atomic E-state index is 0.640. The van der Waals surface area contributed by atoms with E-state index in [-0.39, 0.29) is 0 Å². The van der Waals surface area contributed by atoms with E-state index in [9.17, 15) is 0 Å². The van der Waals surface area contributed by atoms with Crippen LogP contribution in [0.2, 0.25) is 0 Å². The number of nitrogens with zero attached hydrogens (tertiary/aromatic N) is 5. The van der Waals surface area contributed by atoms with E-state index in [1.807, 2.05) is 32.6 Å². The van der Waals surface area contributed by atoms with E-state index in [0.717, 1.165) is 29.9 Å². The Kier molecular flexibility index (Phi) is 4.56. The van der Waals surface area contributed by atoms with Gasteiger partial charge in [-0.2, -0.15) is 5.10 Å². The van der Waals surface area contributed by atoms with Crippen LogP contribution < -0.4 is 10.2 Å². The SMILES string of the molecule is Cc1cnc(NCc2cccc(N3CCCC3)c2)nc1-c1cnn(C)c1. The van der Waals surface area contributed by atoms with Crippen molar-refractivity contribution >= 4 is 11.6 Å². The Hall–Kier alpha value is -2.89. The van der Waals surface area contributed by atoms with Crippen LogP contribution in [0.25, 0.3) is 11.3 Å². The molecule has 6 nitrogen and oxygen atoms in total. The minimum absolute atomic E-state index is 0.640. The first-order chi connectivity index (χ1) is 12.7. The van der Waals surface area contributed by atoms with Crippen molar-refractivity contribution in [2.24, 2.45) is 7.05 Å². The molecule has 4 rings (SSSR count). The Labute approximate surface area is 153 Å². The number of hydrogen-bond acceptors (Lipinski definition) is 5. The fraction of sp³-hybridized carbons (Fsp3) is 0.350. The average Bonchev–Trinajstić information content (AvgIpc) is 3.33. The van der Waals surface area contributed by atoms with Crippen LogP contribution in [-0.2, 0) is 13.6 Å². The molecule has 1 saturated heterocycles. The second-order valence-electron chi connectivity index (χ2n) is 6.85. The third-order valence-corrected chi connectivity index (χ3v) is 4.78. The van der Waals surface area contributed by atoms with Crippen molar-refractivity contribution in [3.63, 3.8) is 0 Å². The van der Waals surface area contributed by atoms with E-state index in [1.165, 1.54) is 24.1 Å². The highest BCUT2D eigenvalue weighted by atomic mass is 15.2. The predicted octanol–water partition coefficient (Wildman–Crippen LogP) is 3.40. The van der Waals surface area contributed by atoms with Gasteiger partial charge in [-0.05, 0) is 43.0 Å². The van der Waals surface area contributed by atoms with Gasteiger partial charge in [-0.1, -0.05) is 12.1 Å². The van der Waals surface area contributed by atoms with Crippen LogP contribution in [0.5, 0.6) is 0 Å². The average molecular weight is 348 g/mol. The van der Waals surface area contributed by atoms with E-state index in [2.05, 4.69) is 49.5 Å². The smallest absolute Gasteiger partial charge is 0.223 e. The molecule has 2 aromatic heterocycles. The Morgan fingerprint density at radius 1 is 1.15 bits per heavy atom. The highest BCUT2D eigenvalue weighted by Gasteiger charge is 2.12. The largest absolute Gasteiger partial charge is 0.372 e. The Balaban J connectivity index is 1.49. The molecule has 0 amide bonds. The number of aromatic nitrogens is 4. The Morgan fingerprint density at radius 2 is 2.00 bits per heavy atom. The van der Waals surface area contributed by atoms with Gasteiger partial charge in [-0.3, -0.25) is 4.68 Å². The molecule has 26 heavy (non-hydrogen) atoms. The van der Waals surface area contributed by atoms with E-state index in [0.29, 0.717) is 12.5 Å². The van der Waals surface area contributed by atoms with Crippen LogP contribution in [-0.4, -0.2) is 32.8 Å². The first kappa shape index (κ1) is 16.6. The molecule has 0 aliphatic carbocycles. The molecule has 1 fully saturated rings. The zero-order valence-corrected chi connectivity index (χ0v) is 15.3. The second-order valence-corrected chi connectivity index (χ2v) is 6.85. The number of hydrogen-bond donors (Lipinski definition) is 1. The van der Waals surface area contributed by atoms with Crippen molar-refractivity contribution in [3.05, 3.63) is 54.0 Å². The molecule has 0 bridgehead atoms. The lowest BCUT2D eigenvalue weighted by Gasteiger charge is -2.18. The molecular weight excluding hydrogens is 324 g/mol. The van der Waals surface area contributed by atoms with Gasteiger partial charge < -0.3 is 10.2 Å². The number of rotatable bonds is 5. The van der Waals surface area contributed by atoms with Gasteiger partial charge in [0.25, 0.3) is 0 Å². The van der Waals surface area contributed by atoms with E-state index in [4.69, 9.17) is 0 Å². The molecule has 0 unspecified atom stereocenters. The van der Waals surface area contributed by atoms with E-state index in [1.54, 1.807) is 4.68 Å². The number of aryl methyl sites for hydroxylation is 2. The summed E-state index contributed by atoms with van der Waals surface area (Å²) in [7, 11) is 1.91. The molecule has 1 aromatic carbocycles. The van der Waals surface area contributed by atoms with Gasteiger partial charge in [0.2, 0.25) is 5.95 Å². The van der Waals surface area contributed by atoms with E-state index >= 15 is 0 Å². The van der Waals surface area contributed by atoms with Gasteiger partial charge in [-0.15, -0.1) is 0 Å². The van der Waals surface area contributed by atoms with Gasteiger partial charge in [-0.25, -0.2) is 9.97 Å². The first-order valence-corrected chi connectivity index (χ1v) is 9.09. The number of anilines is 2. The van der Waals surface area contributed by atoms with Gasteiger partial charge in [0.05, 0.1) is 11.9 Å². The fourth-order valence-electron chi connectivity index (χ4n) is 3.38. The lowest BCUT2D eigenvalue weighted by molar-refractivity contribution is 0.768. The molecular formula is C20H24N6. The van der Waals surface area contributed by atoms with Crippen LogP contribution in [0.15, 0.2) is 42.9 Å². The summed E-state index contributed by atoms with van der Waals surface area (Å²) >= 11 is 0. The van der Waals surface area contributed by atoms with Gasteiger partial charge in [0, 0.05) is 50.3 Å². The topological polar surface area (TPSA) is 58.9 Å². The third kappa shape index (κ3) is 3.54. The summed E-state index contributed by atoms with van der Waals surface area (Å²) in [5, 5.41) is 7.59. The zero-order chi connectivity index (χ0) is 17.9. The summed E-state index contributed by atoms with van der Waals surface area (Å²) in [6, 6.07) is 8.72. The van der Waals surface area contributed by atoms with Crippen molar-refractivity contribution in [1.29, 1.82) is 0 Å². The maximum Gasteiger partial charge on any atom is 0.223 e. The summed E-state index contributed by atoms with van der Waals surface area (Å²) in [5.41, 5.74) is 5.51. The summed E-state index contributed by atoms with van der Waals surface area (Å²) in [6.07, 6.45) is 8.24. The Bertz CT molecular complexity index is 895. The second kappa shape index (κ2) is 7.15. The number of benzene rings is 1. The quantitative estimate of drug-likeness (QED) is 0.766. The van der Waals surface area contributed by atoms with Crippen molar-refractivity contribution in [1.82, 2.24) is 19.7 Å². The highest BCUT2D eigenvalue weighted by Crippen LogP contribution is 2.23. The number of nitrogens with one attached hydrogen (secondary N) is 1. The van der Waals surface area contributed by atoms with Gasteiger partial charge >= 0.3 is 0 Å². The Morgan fingerprint density at radius 3 is 2.77 bits per heavy atom. The fourth-order valence-corrected chi connectivity index (χ4v) is 3.38. The molecule has 0 radical (unpaired) electrons. The van der Waals surface area contributed by atoms with E-state index < -0.39 is 0 Å². The standard InChI is InChI=1S/C20H24N6/c1-15-11-21-20(24-19(15)17-13-23-25(2)14-17)22-12-16-6-5-7-18(10-16)26-8-3-4-9-26/h5-7,10-11,13-14H,3-4,8-9,12H2,1-2H3,(H,21,22,24). The van der Waals surface area contributed by atoms with Crippen molar-refractivity contribution in [3.8, 4) is 11.3 Å². The van der Waals surface area contributed by atoms with Crippen molar-refractivity contribution < 1.29 is 0 Å². The molecule has 3 aromatic rings. The minimum Gasteiger partial charge on any atom is -0.372 e.